The van der Waals surface area contributed by atoms with Crippen LogP contribution in [0.3, 0.4) is 0 Å². The molecule has 124 valence electrons. The Balaban J connectivity index is 0.00000242. The van der Waals surface area contributed by atoms with Crippen LogP contribution in [0, 0.1) is 0 Å². The highest BCUT2D eigenvalue weighted by Gasteiger charge is 2.13. The lowest BCUT2D eigenvalue weighted by atomic mass is 10.2. The third-order valence-corrected chi connectivity index (χ3v) is 3.32. The van der Waals surface area contributed by atoms with Gasteiger partial charge in [0.1, 0.15) is 5.82 Å². The quantitative estimate of drug-likeness (QED) is 0.751. The Kier molecular flexibility index (Phi) is 7.70. The molecule has 22 heavy (non-hydrogen) atoms. The van der Waals surface area contributed by atoms with Crippen molar-refractivity contribution < 1.29 is 4.74 Å². The summed E-state index contributed by atoms with van der Waals surface area (Å²) in [5.41, 5.74) is 5.56. The lowest BCUT2D eigenvalue weighted by molar-refractivity contribution is 0.0175. The molecule has 2 N–H and O–H groups in total. The molecule has 2 heterocycles. The zero-order valence-electron chi connectivity index (χ0n) is 13.1. The van der Waals surface area contributed by atoms with E-state index in [4.69, 9.17) is 4.74 Å². The number of rotatable bonds is 5. The normalized spacial score (nSPS) is 20.3. The first-order valence-corrected chi connectivity index (χ1v) is 7.27. The average molecular weight is 307 g/mol. The molecule has 2 rings (SSSR count). The van der Waals surface area contributed by atoms with Crippen LogP contribution in [-0.2, 0) is 4.74 Å². The molecule has 0 bridgehead atoms. The van der Waals surface area contributed by atoms with Gasteiger partial charge in [-0.2, -0.15) is 0 Å². The predicted octanol–water partition coefficient (Wildman–Crippen LogP) is 1.32. The van der Waals surface area contributed by atoms with Gasteiger partial charge in [-0.3, -0.25) is 4.99 Å². The maximum atomic E-state index is 5.38. The summed E-state index contributed by atoms with van der Waals surface area (Å²) < 4.78 is 5.38. The van der Waals surface area contributed by atoms with Crippen molar-refractivity contribution in [2.75, 3.05) is 46.9 Å². The van der Waals surface area contributed by atoms with E-state index in [0.717, 1.165) is 49.9 Å². The van der Waals surface area contributed by atoms with Crippen molar-refractivity contribution in [2.45, 2.75) is 14.4 Å². The number of nitrogens with zero attached hydrogens (tertiary/aromatic N) is 3. The van der Waals surface area contributed by atoms with Crippen LogP contribution in [0.5, 0.6) is 0 Å². The molecule has 2 aliphatic heterocycles. The second-order valence-corrected chi connectivity index (χ2v) is 5.21. The molecule has 0 spiro atoms. The number of nitrogens with one attached hydrogen (secondary N) is 2. The van der Waals surface area contributed by atoms with E-state index in [9.17, 15) is 0 Å². The van der Waals surface area contributed by atoms with Gasteiger partial charge in [0.25, 0.3) is 0 Å². The number of likely N-dealkylation sites (N-methyl/N-ethyl adjacent to an activating group) is 1. The largest absolute Gasteiger partial charge is 0.379 e. The number of hydrogen-bond acceptors (Lipinski definition) is 6. The molecule has 2 aliphatic rings. The standard InChI is InChI=1S/C15H25N5O.CH4/c1-13(11-16-2)15(18-20-7-9-21-10-8-20)17-14-5-4-6-19(3)12-14;/h4-5,11-12,17-18H,6-10H2,1-3H3;1H4/b15-13-,16-11?;. The van der Waals surface area contributed by atoms with E-state index in [2.05, 4.69) is 51.0 Å². The minimum absolute atomic E-state index is 0. The van der Waals surface area contributed by atoms with Gasteiger partial charge in [-0.25, -0.2) is 5.01 Å². The second kappa shape index (κ2) is 9.27. The van der Waals surface area contributed by atoms with Crippen molar-refractivity contribution in [3.8, 4) is 0 Å². The Bertz CT molecular complexity index is 461. The molecular formula is C16H29N5O. The first-order chi connectivity index (χ1) is 10.2. The summed E-state index contributed by atoms with van der Waals surface area (Å²) in [4.78, 5) is 6.24. The van der Waals surface area contributed by atoms with Crippen molar-refractivity contribution in [2.24, 2.45) is 4.99 Å². The summed E-state index contributed by atoms with van der Waals surface area (Å²) in [5, 5.41) is 5.61. The Morgan fingerprint density at radius 2 is 2.09 bits per heavy atom. The van der Waals surface area contributed by atoms with Gasteiger partial charge in [0, 0.05) is 51.7 Å². The van der Waals surface area contributed by atoms with Crippen LogP contribution in [0.15, 0.2) is 40.4 Å². The Labute approximate surface area is 134 Å². The second-order valence-electron chi connectivity index (χ2n) is 5.21. The van der Waals surface area contributed by atoms with Gasteiger partial charge in [0.05, 0.1) is 18.9 Å². The Morgan fingerprint density at radius 3 is 2.73 bits per heavy atom. The summed E-state index contributed by atoms with van der Waals surface area (Å²) in [5.74, 6) is 0.953. The molecule has 0 amide bonds. The van der Waals surface area contributed by atoms with Crippen molar-refractivity contribution in [3.63, 3.8) is 0 Å². The molecule has 0 saturated carbocycles. The number of hydrogen-bond donors (Lipinski definition) is 2. The molecule has 6 heteroatoms. The molecule has 0 aromatic heterocycles. The summed E-state index contributed by atoms with van der Waals surface area (Å²) in [6, 6.07) is 0. The van der Waals surface area contributed by atoms with E-state index >= 15 is 0 Å². The molecule has 0 radical (unpaired) electrons. The monoisotopic (exact) mass is 307 g/mol. The van der Waals surface area contributed by atoms with Crippen molar-refractivity contribution in [1.82, 2.24) is 20.7 Å². The van der Waals surface area contributed by atoms with Crippen LogP contribution in [0.1, 0.15) is 14.4 Å². The highest BCUT2D eigenvalue weighted by molar-refractivity contribution is 5.78. The zero-order chi connectivity index (χ0) is 15.1. The fourth-order valence-corrected chi connectivity index (χ4v) is 2.20. The molecule has 0 atom stereocenters. The Hall–Kier alpha value is -1.79. The van der Waals surface area contributed by atoms with Gasteiger partial charge in [-0.15, -0.1) is 0 Å². The highest BCUT2D eigenvalue weighted by atomic mass is 16.5. The van der Waals surface area contributed by atoms with Gasteiger partial charge < -0.3 is 20.4 Å². The van der Waals surface area contributed by atoms with Gasteiger partial charge in [-0.05, 0) is 13.0 Å². The lowest BCUT2D eigenvalue weighted by Gasteiger charge is -2.30. The van der Waals surface area contributed by atoms with Crippen LogP contribution < -0.4 is 10.7 Å². The van der Waals surface area contributed by atoms with Gasteiger partial charge >= 0.3 is 0 Å². The molecule has 0 aromatic carbocycles. The minimum atomic E-state index is 0. The summed E-state index contributed by atoms with van der Waals surface area (Å²) in [6.07, 6.45) is 8.18. The first kappa shape index (κ1) is 18.3. The topological polar surface area (TPSA) is 52.1 Å². The van der Waals surface area contributed by atoms with Crippen LogP contribution in [0.2, 0.25) is 0 Å². The lowest BCUT2D eigenvalue weighted by Crippen LogP contribution is -2.48. The van der Waals surface area contributed by atoms with Crippen molar-refractivity contribution >= 4 is 6.21 Å². The maximum absolute atomic E-state index is 5.38. The molecule has 1 saturated heterocycles. The van der Waals surface area contributed by atoms with E-state index in [1.165, 1.54) is 0 Å². The fourth-order valence-electron chi connectivity index (χ4n) is 2.20. The van der Waals surface area contributed by atoms with Gasteiger partial charge in [0.2, 0.25) is 0 Å². The first-order valence-electron chi connectivity index (χ1n) is 7.27. The van der Waals surface area contributed by atoms with E-state index in [1.54, 1.807) is 7.05 Å². The maximum Gasteiger partial charge on any atom is 0.122 e. The molecular weight excluding hydrogens is 278 g/mol. The molecule has 0 unspecified atom stereocenters. The third kappa shape index (κ3) is 5.54. The SMILES string of the molecule is C.CN=C/C(C)=C(/NC1=CN(C)CC=C1)NN1CCOCC1. The van der Waals surface area contributed by atoms with Crippen LogP contribution >= 0.6 is 0 Å². The Morgan fingerprint density at radius 1 is 1.36 bits per heavy atom. The van der Waals surface area contributed by atoms with Gasteiger partial charge in [0.15, 0.2) is 0 Å². The number of hydrazine groups is 1. The third-order valence-electron chi connectivity index (χ3n) is 3.32. The van der Waals surface area contributed by atoms with E-state index < -0.39 is 0 Å². The predicted molar refractivity (Wildman–Crippen MR) is 92.4 cm³/mol. The summed E-state index contributed by atoms with van der Waals surface area (Å²) in [7, 11) is 3.84. The van der Waals surface area contributed by atoms with Crippen LogP contribution in [-0.4, -0.2) is 63.1 Å². The van der Waals surface area contributed by atoms with Crippen LogP contribution in [0.25, 0.3) is 0 Å². The molecule has 6 nitrogen and oxygen atoms in total. The number of allylic oxidation sites excluding steroid dienone is 2. The van der Waals surface area contributed by atoms with E-state index in [1.807, 2.05) is 13.1 Å². The molecule has 1 fully saturated rings. The zero-order valence-corrected chi connectivity index (χ0v) is 13.1. The summed E-state index contributed by atoms with van der Waals surface area (Å²) in [6.45, 7) is 6.24. The minimum Gasteiger partial charge on any atom is -0.379 e. The average Bonchev–Trinajstić information content (AvgIpc) is 2.48. The van der Waals surface area contributed by atoms with Crippen molar-refractivity contribution in [3.05, 3.63) is 35.4 Å². The van der Waals surface area contributed by atoms with E-state index in [-0.39, 0.29) is 7.43 Å². The smallest absolute Gasteiger partial charge is 0.122 e. The number of aliphatic imine (C=N–C) groups is 1. The summed E-state index contributed by atoms with van der Waals surface area (Å²) >= 11 is 0. The van der Waals surface area contributed by atoms with E-state index in [0.29, 0.717) is 0 Å². The molecule has 0 aliphatic carbocycles. The van der Waals surface area contributed by atoms with Gasteiger partial charge in [-0.1, -0.05) is 13.5 Å². The van der Waals surface area contributed by atoms with Crippen molar-refractivity contribution in [1.29, 1.82) is 0 Å². The number of morpholine rings is 1. The van der Waals surface area contributed by atoms with Crippen LogP contribution in [0.4, 0.5) is 0 Å². The molecule has 0 aromatic rings. The number of ether oxygens (including phenoxy) is 1. The highest BCUT2D eigenvalue weighted by Crippen LogP contribution is 2.07. The fraction of sp³-hybridized carbons (Fsp3) is 0.562.